The van der Waals surface area contributed by atoms with Gasteiger partial charge in [0.05, 0.1) is 12.5 Å². The summed E-state index contributed by atoms with van der Waals surface area (Å²) in [7, 11) is 0. The Morgan fingerprint density at radius 3 is 2.41 bits per heavy atom. The first-order valence-corrected chi connectivity index (χ1v) is 7.64. The molecule has 0 aliphatic rings. The molecule has 0 aliphatic carbocycles. The minimum atomic E-state index is -0.427. The molecule has 1 rings (SSSR count). The second kappa shape index (κ2) is 8.54. The van der Waals surface area contributed by atoms with E-state index in [0.717, 1.165) is 12.0 Å². The predicted molar refractivity (Wildman–Crippen MR) is 86.2 cm³/mol. The summed E-state index contributed by atoms with van der Waals surface area (Å²) in [6.07, 6.45) is 1.41. The first kappa shape index (κ1) is 18.2. The van der Waals surface area contributed by atoms with Crippen LogP contribution in [0.5, 0.6) is 0 Å². The molecule has 122 valence electrons. The molecule has 22 heavy (non-hydrogen) atoms. The summed E-state index contributed by atoms with van der Waals surface area (Å²) in [5, 5.41) is 14.9. The Morgan fingerprint density at radius 2 is 1.91 bits per heavy atom. The molecule has 3 N–H and O–H groups in total. The third kappa shape index (κ3) is 5.85. The average molecular weight is 306 g/mol. The lowest BCUT2D eigenvalue weighted by molar-refractivity contribution is -0.124. The molecule has 0 aromatic heterocycles. The van der Waals surface area contributed by atoms with Crippen molar-refractivity contribution in [3.63, 3.8) is 0 Å². The van der Waals surface area contributed by atoms with Crippen LogP contribution in [0.4, 0.5) is 0 Å². The van der Waals surface area contributed by atoms with Crippen molar-refractivity contribution in [1.29, 1.82) is 0 Å². The van der Waals surface area contributed by atoms with Crippen molar-refractivity contribution in [2.24, 2.45) is 0 Å². The zero-order valence-corrected chi connectivity index (χ0v) is 13.6. The Kier molecular flexibility index (Phi) is 7.05. The van der Waals surface area contributed by atoms with Crippen molar-refractivity contribution in [2.75, 3.05) is 6.61 Å². The van der Waals surface area contributed by atoms with Gasteiger partial charge in [-0.1, -0.05) is 37.3 Å². The van der Waals surface area contributed by atoms with Crippen LogP contribution >= 0.6 is 0 Å². The number of aliphatic hydroxyl groups excluding tert-OH is 1. The lowest BCUT2D eigenvalue weighted by atomic mass is 9.94. The summed E-state index contributed by atoms with van der Waals surface area (Å²) in [5.41, 5.74) is 0.469. The molecule has 1 aromatic rings. The fourth-order valence-corrected chi connectivity index (χ4v) is 2.33. The van der Waals surface area contributed by atoms with E-state index in [-0.39, 0.29) is 30.9 Å². The summed E-state index contributed by atoms with van der Waals surface area (Å²) < 4.78 is 0. The smallest absolute Gasteiger partial charge is 0.222 e. The maximum absolute atomic E-state index is 12.3. The second-order valence-electron chi connectivity index (χ2n) is 5.80. The number of rotatable bonds is 8. The predicted octanol–water partition coefficient (Wildman–Crippen LogP) is 1.92. The number of benzene rings is 1. The summed E-state index contributed by atoms with van der Waals surface area (Å²) in [6, 6.07) is 9.08. The number of amides is 2. The first-order valence-electron chi connectivity index (χ1n) is 7.64. The van der Waals surface area contributed by atoms with Crippen molar-refractivity contribution >= 4 is 11.8 Å². The van der Waals surface area contributed by atoms with E-state index >= 15 is 0 Å². The molecule has 0 saturated heterocycles. The van der Waals surface area contributed by atoms with Crippen LogP contribution in [0.2, 0.25) is 0 Å². The number of aliphatic hydroxyl groups is 1. The van der Waals surface area contributed by atoms with E-state index in [0.29, 0.717) is 6.42 Å². The summed E-state index contributed by atoms with van der Waals surface area (Å²) >= 11 is 0. The van der Waals surface area contributed by atoms with Gasteiger partial charge in [0.25, 0.3) is 0 Å². The first-order chi connectivity index (χ1) is 10.4. The quantitative estimate of drug-likeness (QED) is 0.686. The number of hydrogen-bond acceptors (Lipinski definition) is 3. The van der Waals surface area contributed by atoms with E-state index < -0.39 is 5.54 Å². The van der Waals surface area contributed by atoms with Gasteiger partial charge in [-0.05, 0) is 25.3 Å². The van der Waals surface area contributed by atoms with Gasteiger partial charge in [-0.3, -0.25) is 9.59 Å². The van der Waals surface area contributed by atoms with E-state index in [1.807, 2.05) is 44.2 Å². The minimum absolute atomic E-state index is 0.0262. The summed E-state index contributed by atoms with van der Waals surface area (Å²) in [4.78, 5) is 23.7. The van der Waals surface area contributed by atoms with Gasteiger partial charge in [-0.25, -0.2) is 0 Å². The van der Waals surface area contributed by atoms with Crippen molar-refractivity contribution in [1.82, 2.24) is 10.6 Å². The zero-order chi connectivity index (χ0) is 16.6. The molecular formula is C17H26N2O3. The molecule has 5 nitrogen and oxygen atoms in total. The van der Waals surface area contributed by atoms with Gasteiger partial charge in [-0.2, -0.15) is 0 Å². The maximum Gasteiger partial charge on any atom is 0.222 e. The van der Waals surface area contributed by atoms with E-state index in [9.17, 15) is 9.59 Å². The van der Waals surface area contributed by atoms with Crippen LogP contribution in [-0.4, -0.2) is 29.1 Å². The molecule has 0 spiro atoms. The topological polar surface area (TPSA) is 78.4 Å². The number of hydrogen-bond donors (Lipinski definition) is 3. The third-order valence-corrected chi connectivity index (χ3v) is 3.85. The molecule has 0 aliphatic heterocycles. The van der Waals surface area contributed by atoms with Crippen LogP contribution in [0.1, 0.15) is 51.6 Å². The van der Waals surface area contributed by atoms with Gasteiger partial charge in [0.1, 0.15) is 0 Å². The summed E-state index contributed by atoms with van der Waals surface area (Å²) in [6.45, 7) is 5.35. The van der Waals surface area contributed by atoms with Crippen molar-refractivity contribution in [2.45, 2.75) is 51.6 Å². The van der Waals surface area contributed by atoms with Crippen LogP contribution in [-0.2, 0) is 9.59 Å². The zero-order valence-electron chi connectivity index (χ0n) is 13.6. The molecule has 2 atom stereocenters. The molecule has 5 heteroatoms. The molecular weight excluding hydrogens is 280 g/mol. The highest BCUT2D eigenvalue weighted by Gasteiger charge is 2.25. The average Bonchev–Trinajstić information content (AvgIpc) is 2.47. The van der Waals surface area contributed by atoms with Gasteiger partial charge in [-0.15, -0.1) is 0 Å². The van der Waals surface area contributed by atoms with E-state index in [1.165, 1.54) is 6.92 Å². The molecule has 0 fully saturated rings. The molecule has 0 radical (unpaired) electrons. The largest absolute Gasteiger partial charge is 0.396 e. The van der Waals surface area contributed by atoms with Crippen molar-refractivity contribution in [3.8, 4) is 0 Å². The van der Waals surface area contributed by atoms with E-state index in [4.69, 9.17) is 5.11 Å². The highest BCUT2D eigenvalue weighted by atomic mass is 16.3. The van der Waals surface area contributed by atoms with Gasteiger partial charge in [0.2, 0.25) is 11.8 Å². The molecule has 0 saturated carbocycles. The van der Waals surface area contributed by atoms with Gasteiger partial charge >= 0.3 is 0 Å². The Balaban J connectivity index is 2.77. The number of carbonyl (C=O) groups is 2. The fraction of sp³-hybridized carbons (Fsp3) is 0.529. The van der Waals surface area contributed by atoms with Gasteiger partial charge in [0.15, 0.2) is 0 Å². The molecule has 2 unspecified atom stereocenters. The van der Waals surface area contributed by atoms with Crippen LogP contribution in [0, 0.1) is 0 Å². The monoisotopic (exact) mass is 306 g/mol. The maximum atomic E-state index is 12.3. The van der Waals surface area contributed by atoms with Crippen LogP contribution < -0.4 is 10.6 Å². The standard InChI is InChI=1S/C17H26N2O3/c1-4-17(3,10-11-20)19-16(22)12-15(18-13(2)21)14-8-6-5-7-9-14/h5-9,15,20H,4,10-12H2,1-3H3,(H,18,21)(H,19,22). The third-order valence-electron chi connectivity index (χ3n) is 3.85. The Labute approximate surface area is 132 Å². The van der Waals surface area contributed by atoms with Crippen LogP contribution in [0.3, 0.4) is 0 Å². The van der Waals surface area contributed by atoms with E-state index in [2.05, 4.69) is 10.6 Å². The van der Waals surface area contributed by atoms with Crippen LogP contribution in [0.15, 0.2) is 30.3 Å². The molecule has 0 heterocycles. The van der Waals surface area contributed by atoms with Gasteiger partial charge < -0.3 is 15.7 Å². The fourth-order valence-electron chi connectivity index (χ4n) is 2.33. The number of carbonyl (C=O) groups excluding carboxylic acids is 2. The normalized spacial score (nSPS) is 14.7. The molecule has 0 bridgehead atoms. The Hall–Kier alpha value is -1.88. The highest BCUT2D eigenvalue weighted by Crippen LogP contribution is 2.19. The minimum Gasteiger partial charge on any atom is -0.396 e. The lowest BCUT2D eigenvalue weighted by Crippen LogP contribution is -2.47. The van der Waals surface area contributed by atoms with Crippen molar-refractivity contribution in [3.05, 3.63) is 35.9 Å². The van der Waals surface area contributed by atoms with Crippen LogP contribution in [0.25, 0.3) is 0 Å². The van der Waals surface area contributed by atoms with Crippen molar-refractivity contribution < 1.29 is 14.7 Å². The number of nitrogens with one attached hydrogen (secondary N) is 2. The Morgan fingerprint density at radius 1 is 1.27 bits per heavy atom. The molecule has 1 aromatic carbocycles. The summed E-state index contributed by atoms with van der Waals surface area (Å²) in [5.74, 6) is -0.310. The van der Waals surface area contributed by atoms with E-state index in [1.54, 1.807) is 0 Å². The highest BCUT2D eigenvalue weighted by molar-refractivity contribution is 5.79. The molecule has 2 amide bonds. The van der Waals surface area contributed by atoms with Gasteiger partial charge in [0, 0.05) is 19.1 Å². The Bertz CT molecular complexity index is 490. The SMILES string of the molecule is CCC(C)(CCO)NC(=O)CC(NC(C)=O)c1ccccc1. The lowest BCUT2D eigenvalue weighted by Gasteiger charge is -2.30. The second-order valence-corrected chi connectivity index (χ2v) is 5.80.